The minimum absolute atomic E-state index is 0.144. The molecule has 5 nitrogen and oxygen atoms in total. The standard InChI is InChI=1S/C22H27ClN2O3/c1-4-12-24-22(27)17(3)25(14-18-6-5-7-19(23)13-18)21(26)15-28-20-10-8-16(2)9-11-20/h5-11,13,17H,4,12,14-15H2,1-3H3,(H,24,27)/t17-/m1/s1. The summed E-state index contributed by atoms with van der Waals surface area (Å²) in [6, 6.07) is 14.1. The van der Waals surface area contributed by atoms with E-state index >= 15 is 0 Å². The second-order valence-electron chi connectivity index (χ2n) is 6.72. The molecule has 0 aliphatic rings. The second-order valence-corrected chi connectivity index (χ2v) is 7.16. The van der Waals surface area contributed by atoms with Gasteiger partial charge < -0.3 is 15.0 Å². The van der Waals surface area contributed by atoms with Gasteiger partial charge in [0, 0.05) is 18.1 Å². The largest absolute Gasteiger partial charge is 0.484 e. The number of carbonyl (C=O) groups excluding carboxylic acids is 2. The van der Waals surface area contributed by atoms with Gasteiger partial charge in [0.25, 0.3) is 5.91 Å². The van der Waals surface area contributed by atoms with Gasteiger partial charge in [0.15, 0.2) is 6.61 Å². The molecule has 2 aromatic rings. The number of benzene rings is 2. The first-order valence-corrected chi connectivity index (χ1v) is 9.79. The Balaban J connectivity index is 2.12. The summed E-state index contributed by atoms with van der Waals surface area (Å²) in [5.41, 5.74) is 1.97. The van der Waals surface area contributed by atoms with Crippen molar-refractivity contribution in [2.24, 2.45) is 0 Å². The normalized spacial score (nSPS) is 11.6. The first-order valence-electron chi connectivity index (χ1n) is 9.41. The maximum absolute atomic E-state index is 12.9. The molecule has 2 amide bonds. The van der Waals surface area contributed by atoms with Crippen LogP contribution in [0, 0.1) is 6.92 Å². The summed E-state index contributed by atoms with van der Waals surface area (Å²) in [4.78, 5) is 26.8. The lowest BCUT2D eigenvalue weighted by Crippen LogP contribution is -2.49. The average Bonchev–Trinajstić information content (AvgIpc) is 2.69. The Labute approximate surface area is 171 Å². The Morgan fingerprint density at radius 2 is 1.89 bits per heavy atom. The van der Waals surface area contributed by atoms with E-state index in [0.29, 0.717) is 17.3 Å². The first-order chi connectivity index (χ1) is 13.4. The first kappa shape index (κ1) is 21.8. The minimum atomic E-state index is -0.625. The SMILES string of the molecule is CCCNC(=O)[C@@H](C)N(Cc1cccc(Cl)c1)C(=O)COc1ccc(C)cc1. The van der Waals surface area contributed by atoms with Crippen LogP contribution < -0.4 is 10.1 Å². The predicted molar refractivity (Wildman–Crippen MR) is 111 cm³/mol. The number of ether oxygens (including phenoxy) is 1. The molecule has 0 radical (unpaired) electrons. The van der Waals surface area contributed by atoms with E-state index in [9.17, 15) is 9.59 Å². The van der Waals surface area contributed by atoms with E-state index in [1.807, 2.05) is 50.2 Å². The molecule has 0 aliphatic heterocycles. The number of nitrogens with one attached hydrogen (secondary N) is 1. The highest BCUT2D eigenvalue weighted by Crippen LogP contribution is 2.16. The van der Waals surface area contributed by atoms with Crippen molar-refractivity contribution in [3.63, 3.8) is 0 Å². The molecule has 1 N–H and O–H groups in total. The third-order valence-corrected chi connectivity index (χ3v) is 4.58. The van der Waals surface area contributed by atoms with E-state index in [1.165, 1.54) is 4.90 Å². The van der Waals surface area contributed by atoms with Crippen LogP contribution in [-0.4, -0.2) is 35.9 Å². The Morgan fingerprint density at radius 3 is 2.54 bits per heavy atom. The smallest absolute Gasteiger partial charge is 0.261 e. The highest BCUT2D eigenvalue weighted by atomic mass is 35.5. The van der Waals surface area contributed by atoms with Crippen molar-refractivity contribution in [3.8, 4) is 5.75 Å². The molecule has 0 bridgehead atoms. The number of hydrogen-bond donors (Lipinski definition) is 1. The molecule has 1 atom stereocenters. The molecule has 6 heteroatoms. The molecule has 0 aromatic heterocycles. The fraction of sp³-hybridized carbons (Fsp3) is 0.364. The Kier molecular flexibility index (Phi) is 8.33. The van der Waals surface area contributed by atoms with E-state index in [0.717, 1.165) is 17.5 Å². The molecule has 28 heavy (non-hydrogen) atoms. The zero-order chi connectivity index (χ0) is 20.5. The van der Waals surface area contributed by atoms with Crippen LogP contribution in [0.25, 0.3) is 0 Å². The van der Waals surface area contributed by atoms with E-state index in [2.05, 4.69) is 5.32 Å². The number of carbonyl (C=O) groups is 2. The van der Waals surface area contributed by atoms with Crippen LogP contribution in [0.1, 0.15) is 31.4 Å². The maximum atomic E-state index is 12.9. The molecule has 0 heterocycles. The zero-order valence-corrected chi connectivity index (χ0v) is 17.3. The third-order valence-electron chi connectivity index (χ3n) is 4.34. The van der Waals surface area contributed by atoms with Crippen molar-refractivity contribution in [2.75, 3.05) is 13.2 Å². The van der Waals surface area contributed by atoms with Crippen LogP contribution in [-0.2, 0) is 16.1 Å². The monoisotopic (exact) mass is 402 g/mol. The molecular formula is C22H27ClN2O3. The molecule has 0 spiro atoms. The summed E-state index contributed by atoms with van der Waals surface area (Å²) in [6.45, 7) is 6.39. The van der Waals surface area contributed by atoms with Crippen LogP contribution in [0.3, 0.4) is 0 Å². The molecular weight excluding hydrogens is 376 g/mol. The summed E-state index contributed by atoms with van der Waals surface area (Å²) >= 11 is 6.07. The van der Waals surface area contributed by atoms with Gasteiger partial charge in [-0.05, 0) is 50.1 Å². The van der Waals surface area contributed by atoms with E-state index in [1.54, 1.807) is 19.1 Å². The Morgan fingerprint density at radius 1 is 1.18 bits per heavy atom. The lowest BCUT2D eigenvalue weighted by Gasteiger charge is -2.28. The van der Waals surface area contributed by atoms with Crippen molar-refractivity contribution >= 4 is 23.4 Å². The van der Waals surface area contributed by atoms with Crippen LogP contribution in [0.4, 0.5) is 0 Å². The van der Waals surface area contributed by atoms with Crippen molar-refractivity contribution in [2.45, 2.75) is 39.8 Å². The van der Waals surface area contributed by atoms with Gasteiger partial charge in [-0.3, -0.25) is 9.59 Å². The lowest BCUT2D eigenvalue weighted by molar-refractivity contribution is -0.142. The van der Waals surface area contributed by atoms with E-state index < -0.39 is 6.04 Å². The van der Waals surface area contributed by atoms with Crippen LogP contribution >= 0.6 is 11.6 Å². The quantitative estimate of drug-likeness (QED) is 0.690. The van der Waals surface area contributed by atoms with E-state index in [-0.39, 0.29) is 25.0 Å². The average molecular weight is 403 g/mol. The number of rotatable bonds is 9. The summed E-state index contributed by atoms with van der Waals surface area (Å²) in [5.74, 6) is 0.164. The zero-order valence-electron chi connectivity index (χ0n) is 16.6. The molecule has 150 valence electrons. The van der Waals surface area contributed by atoms with Gasteiger partial charge in [0.2, 0.25) is 5.91 Å². The third kappa shape index (κ3) is 6.57. The molecule has 0 aliphatic carbocycles. The fourth-order valence-electron chi connectivity index (χ4n) is 2.67. The Bertz CT molecular complexity index is 793. The van der Waals surface area contributed by atoms with Crippen molar-refractivity contribution < 1.29 is 14.3 Å². The second kappa shape index (κ2) is 10.7. The fourth-order valence-corrected chi connectivity index (χ4v) is 2.89. The molecule has 2 rings (SSSR count). The highest BCUT2D eigenvalue weighted by Gasteiger charge is 2.26. The predicted octanol–water partition coefficient (Wildman–Crippen LogP) is 3.97. The summed E-state index contributed by atoms with van der Waals surface area (Å²) in [6.07, 6.45) is 0.831. The number of nitrogens with zero attached hydrogens (tertiary/aromatic N) is 1. The number of hydrogen-bond acceptors (Lipinski definition) is 3. The van der Waals surface area contributed by atoms with Gasteiger partial charge in [-0.25, -0.2) is 0 Å². The van der Waals surface area contributed by atoms with Crippen LogP contribution in [0.15, 0.2) is 48.5 Å². The summed E-state index contributed by atoms with van der Waals surface area (Å²) in [7, 11) is 0. The number of amides is 2. The molecule has 0 fully saturated rings. The molecule has 0 saturated heterocycles. The Hall–Kier alpha value is -2.53. The maximum Gasteiger partial charge on any atom is 0.261 e. The molecule has 0 unspecified atom stereocenters. The minimum Gasteiger partial charge on any atom is -0.484 e. The summed E-state index contributed by atoms with van der Waals surface area (Å²) < 4.78 is 5.63. The number of aryl methyl sites for hydroxylation is 1. The molecule has 2 aromatic carbocycles. The van der Waals surface area contributed by atoms with Gasteiger partial charge in [0.1, 0.15) is 11.8 Å². The lowest BCUT2D eigenvalue weighted by atomic mass is 10.1. The van der Waals surface area contributed by atoms with Crippen molar-refractivity contribution in [1.29, 1.82) is 0 Å². The van der Waals surface area contributed by atoms with Gasteiger partial charge in [-0.1, -0.05) is 48.4 Å². The van der Waals surface area contributed by atoms with Crippen LogP contribution in [0.2, 0.25) is 5.02 Å². The topological polar surface area (TPSA) is 58.6 Å². The van der Waals surface area contributed by atoms with Gasteiger partial charge >= 0.3 is 0 Å². The van der Waals surface area contributed by atoms with E-state index in [4.69, 9.17) is 16.3 Å². The van der Waals surface area contributed by atoms with Gasteiger partial charge in [-0.15, -0.1) is 0 Å². The van der Waals surface area contributed by atoms with Crippen LogP contribution in [0.5, 0.6) is 5.75 Å². The van der Waals surface area contributed by atoms with Crippen molar-refractivity contribution in [3.05, 3.63) is 64.7 Å². The molecule has 0 saturated carbocycles. The summed E-state index contributed by atoms with van der Waals surface area (Å²) in [5, 5.41) is 3.43. The van der Waals surface area contributed by atoms with Gasteiger partial charge in [0.05, 0.1) is 0 Å². The number of halogens is 1. The van der Waals surface area contributed by atoms with Gasteiger partial charge in [-0.2, -0.15) is 0 Å². The highest BCUT2D eigenvalue weighted by molar-refractivity contribution is 6.30. The van der Waals surface area contributed by atoms with Crippen molar-refractivity contribution in [1.82, 2.24) is 10.2 Å².